The Hall–Kier alpha value is -3.89. The summed E-state index contributed by atoms with van der Waals surface area (Å²) in [7, 11) is 0. The van der Waals surface area contributed by atoms with Crippen LogP contribution in [0.1, 0.15) is 11.1 Å². The van der Waals surface area contributed by atoms with Gasteiger partial charge in [-0.05, 0) is 43.2 Å². The summed E-state index contributed by atoms with van der Waals surface area (Å²) in [6, 6.07) is 24.4. The summed E-state index contributed by atoms with van der Waals surface area (Å²) in [5.41, 5.74) is 2.38. The summed E-state index contributed by atoms with van der Waals surface area (Å²) in [6.45, 7) is 1.99. The van der Waals surface area contributed by atoms with Crippen molar-refractivity contribution in [2.24, 2.45) is 0 Å². The molecule has 1 aliphatic heterocycles. The first-order valence-electron chi connectivity index (χ1n) is 10.3. The number of para-hydroxylation sites is 2. The third-order valence-electron chi connectivity index (χ3n) is 5.18. The van der Waals surface area contributed by atoms with Crippen molar-refractivity contribution in [3.05, 3.63) is 106 Å². The number of anilines is 2. The van der Waals surface area contributed by atoms with E-state index < -0.39 is 17.0 Å². The third-order valence-corrected chi connectivity index (χ3v) is 6.45. The second-order valence-electron chi connectivity index (χ2n) is 7.53. The van der Waals surface area contributed by atoms with Crippen LogP contribution >= 0.6 is 11.8 Å². The number of thioether (sulfide) groups is 1. The van der Waals surface area contributed by atoms with Crippen molar-refractivity contribution in [2.75, 3.05) is 10.2 Å². The zero-order chi connectivity index (χ0) is 23.4. The largest absolute Gasteiger partial charge is 0.319 e. The molecule has 3 aromatic carbocycles. The van der Waals surface area contributed by atoms with Crippen LogP contribution in [0.25, 0.3) is 0 Å². The molecule has 1 fully saturated rings. The number of aryl methyl sites for hydroxylation is 1. The normalized spacial score (nSPS) is 16.9. The van der Waals surface area contributed by atoms with E-state index in [1.807, 2.05) is 43.3 Å². The lowest BCUT2D eigenvalue weighted by molar-refractivity contribution is -0.117. The number of hydrogen-bond acceptors (Lipinski definition) is 4. The molecule has 1 saturated heterocycles. The number of benzene rings is 3. The van der Waals surface area contributed by atoms with Gasteiger partial charge in [0.2, 0.25) is 5.91 Å². The molecule has 0 aromatic heterocycles. The Kier molecular flexibility index (Phi) is 6.57. The van der Waals surface area contributed by atoms with Crippen molar-refractivity contribution in [3.63, 3.8) is 0 Å². The second kappa shape index (κ2) is 9.72. The lowest BCUT2D eigenvalue weighted by Gasteiger charge is -2.18. The molecule has 1 heterocycles. The maximum atomic E-state index is 14.0. The van der Waals surface area contributed by atoms with Crippen LogP contribution in [0.4, 0.5) is 15.8 Å². The molecule has 0 bridgehead atoms. The first-order chi connectivity index (χ1) is 16.0. The van der Waals surface area contributed by atoms with E-state index in [1.165, 1.54) is 34.9 Å². The van der Waals surface area contributed by atoms with E-state index in [4.69, 9.17) is 0 Å². The Labute approximate surface area is 195 Å². The molecule has 1 atom stereocenters. The van der Waals surface area contributed by atoms with Gasteiger partial charge in [0.1, 0.15) is 22.5 Å². The van der Waals surface area contributed by atoms with Crippen molar-refractivity contribution >= 4 is 35.0 Å². The minimum Gasteiger partial charge on any atom is -0.319 e. The topological polar surface area (TPSA) is 73.2 Å². The monoisotopic (exact) mass is 457 g/mol. The summed E-state index contributed by atoms with van der Waals surface area (Å²) in [6.07, 6.45) is 0.449. The molecule has 5 nitrogen and oxygen atoms in total. The van der Waals surface area contributed by atoms with E-state index in [0.717, 1.165) is 11.1 Å². The molecule has 1 N–H and O–H groups in total. The molecule has 0 saturated carbocycles. The first kappa shape index (κ1) is 22.3. The van der Waals surface area contributed by atoms with Crippen molar-refractivity contribution in [1.82, 2.24) is 0 Å². The number of nitriles is 1. The number of hydrogen-bond donors (Lipinski definition) is 1. The SMILES string of the molecule is Cc1ccc(CC2SC(=C(C#N)C(=O)Nc3ccccc3F)N(c3ccccc3)C2=O)cc1. The van der Waals surface area contributed by atoms with Crippen molar-refractivity contribution in [3.8, 4) is 6.07 Å². The van der Waals surface area contributed by atoms with Crippen LogP contribution in [0.15, 0.2) is 89.5 Å². The van der Waals surface area contributed by atoms with Gasteiger partial charge in [-0.3, -0.25) is 14.5 Å². The maximum absolute atomic E-state index is 14.0. The number of nitrogens with one attached hydrogen (secondary N) is 1. The lowest BCUT2D eigenvalue weighted by Crippen LogP contribution is -2.30. The van der Waals surface area contributed by atoms with Gasteiger partial charge in [0, 0.05) is 5.69 Å². The standard InChI is InChI=1S/C26H20FN3O2S/c1-17-11-13-18(14-12-17)15-23-25(32)30(19-7-3-2-4-8-19)26(33-23)20(16-28)24(31)29-22-10-6-5-9-21(22)27/h2-14,23H,15H2,1H3,(H,29,31). The summed E-state index contributed by atoms with van der Waals surface area (Å²) >= 11 is 1.18. The highest BCUT2D eigenvalue weighted by Crippen LogP contribution is 2.42. The van der Waals surface area contributed by atoms with Crippen LogP contribution in [0.2, 0.25) is 0 Å². The second-order valence-corrected chi connectivity index (χ2v) is 8.72. The Morgan fingerprint density at radius 2 is 1.73 bits per heavy atom. The number of carbonyl (C=O) groups excluding carboxylic acids is 2. The molecule has 2 amide bonds. The van der Waals surface area contributed by atoms with Gasteiger partial charge in [-0.25, -0.2) is 4.39 Å². The molecular weight excluding hydrogens is 437 g/mol. The summed E-state index contributed by atoms with van der Waals surface area (Å²) in [5.74, 6) is -1.59. The van der Waals surface area contributed by atoms with Crippen LogP contribution in [0, 0.1) is 24.1 Å². The van der Waals surface area contributed by atoms with E-state index in [1.54, 1.807) is 30.3 Å². The number of amides is 2. The van der Waals surface area contributed by atoms with Gasteiger partial charge in [0.15, 0.2) is 0 Å². The fourth-order valence-corrected chi connectivity index (χ4v) is 4.79. The molecule has 3 aromatic rings. The van der Waals surface area contributed by atoms with E-state index in [2.05, 4.69) is 5.32 Å². The lowest BCUT2D eigenvalue weighted by atomic mass is 10.1. The fraction of sp³-hybridized carbons (Fsp3) is 0.115. The molecule has 33 heavy (non-hydrogen) atoms. The zero-order valence-electron chi connectivity index (χ0n) is 17.8. The number of nitrogens with zero attached hydrogens (tertiary/aromatic N) is 2. The van der Waals surface area contributed by atoms with Crippen molar-refractivity contribution < 1.29 is 14.0 Å². The van der Waals surface area contributed by atoms with Gasteiger partial charge in [-0.1, -0.05) is 71.9 Å². The van der Waals surface area contributed by atoms with Crippen LogP contribution in [-0.4, -0.2) is 17.1 Å². The minimum atomic E-state index is -0.769. The van der Waals surface area contributed by atoms with Gasteiger partial charge in [0.25, 0.3) is 5.91 Å². The van der Waals surface area contributed by atoms with Gasteiger partial charge in [-0.2, -0.15) is 5.26 Å². The Bertz CT molecular complexity index is 1270. The molecular formula is C26H20FN3O2S. The van der Waals surface area contributed by atoms with E-state index in [0.29, 0.717) is 12.1 Å². The predicted molar refractivity (Wildman–Crippen MR) is 128 cm³/mol. The summed E-state index contributed by atoms with van der Waals surface area (Å²) in [5, 5.41) is 12.0. The quantitative estimate of drug-likeness (QED) is 0.422. The average Bonchev–Trinajstić information content (AvgIpc) is 3.13. The van der Waals surface area contributed by atoms with Gasteiger partial charge >= 0.3 is 0 Å². The van der Waals surface area contributed by atoms with Crippen molar-refractivity contribution in [1.29, 1.82) is 5.26 Å². The van der Waals surface area contributed by atoms with E-state index >= 15 is 0 Å². The van der Waals surface area contributed by atoms with Crippen LogP contribution in [-0.2, 0) is 16.0 Å². The third kappa shape index (κ3) is 4.81. The number of carbonyl (C=O) groups is 2. The molecule has 0 aliphatic carbocycles. The highest BCUT2D eigenvalue weighted by atomic mass is 32.2. The molecule has 1 unspecified atom stereocenters. The van der Waals surface area contributed by atoms with Gasteiger partial charge < -0.3 is 5.32 Å². The minimum absolute atomic E-state index is 0.0346. The highest BCUT2D eigenvalue weighted by Gasteiger charge is 2.40. The van der Waals surface area contributed by atoms with E-state index in [9.17, 15) is 19.2 Å². The molecule has 4 rings (SSSR count). The number of halogens is 1. The fourth-order valence-electron chi connectivity index (χ4n) is 3.48. The summed E-state index contributed by atoms with van der Waals surface area (Å²) < 4.78 is 14.0. The number of rotatable bonds is 5. The summed E-state index contributed by atoms with van der Waals surface area (Å²) in [4.78, 5) is 27.8. The average molecular weight is 458 g/mol. The maximum Gasteiger partial charge on any atom is 0.269 e. The van der Waals surface area contributed by atoms with E-state index in [-0.39, 0.29) is 22.2 Å². The Morgan fingerprint density at radius 3 is 2.39 bits per heavy atom. The van der Waals surface area contributed by atoms with Crippen molar-refractivity contribution in [2.45, 2.75) is 18.6 Å². The van der Waals surface area contributed by atoms with Gasteiger partial charge in [-0.15, -0.1) is 0 Å². The van der Waals surface area contributed by atoms with Crippen LogP contribution in [0.5, 0.6) is 0 Å². The van der Waals surface area contributed by atoms with Crippen LogP contribution < -0.4 is 10.2 Å². The molecule has 0 spiro atoms. The van der Waals surface area contributed by atoms with Gasteiger partial charge in [0.05, 0.1) is 10.9 Å². The zero-order valence-corrected chi connectivity index (χ0v) is 18.6. The molecule has 7 heteroatoms. The molecule has 0 radical (unpaired) electrons. The first-order valence-corrected chi connectivity index (χ1v) is 11.2. The Balaban J connectivity index is 1.72. The predicted octanol–water partition coefficient (Wildman–Crippen LogP) is 5.20. The molecule has 164 valence electrons. The van der Waals surface area contributed by atoms with Crippen LogP contribution in [0.3, 0.4) is 0 Å². The molecule has 1 aliphatic rings. The highest BCUT2D eigenvalue weighted by molar-refractivity contribution is 8.05. The smallest absolute Gasteiger partial charge is 0.269 e. The Morgan fingerprint density at radius 1 is 1.06 bits per heavy atom.